The van der Waals surface area contributed by atoms with E-state index in [9.17, 15) is 0 Å². The minimum Gasteiger partial charge on any atom is -0.313 e. The van der Waals surface area contributed by atoms with Crippen LogP contribution in [0.25, 0.3) is 0 Å². The van der Waals surface area contributed by atoms with Gasteiger partial charge < -0.3 is 10.2 Å². The summed E-state index contributed by atoms with van der Waals surface area (Å²) in [7, 11) is 0. The van der Waals surface area contributed by atoms with Crippen LogP contribution in [0.2, 0.25) is 0 Å². The molecule has 1 aliphatic heterocycles. The molecule has 0 spiro atoms. The largest absolute Gasteiger partial charge is 0.313 e. The molecule has 2 saturated carbocycles. The zero-order chi connectivity index (χ0) is 15.0. The van der Waals surface area contributed by atoms with Crippen molar-refractivity contribution < 1.29 is 0 Å². The quantitative estimate of drug-likeness (QED) is 0.862. The summed E-state index contributed by atoms with van der Waals surface area (Å²) in [6, 6.07) is 11.8. The number of hydrogen-bond acceptors (Lipinski definition) is 2. The Balaban J connectivity index is 1.28. The molecule has 1 heterocycles. The summed E-state index contributed by atoms with van der Waals surface area (Å²) < 4.78 is 0. The zero-order valence-corrected chi connectivity index (χ0v) is 13.9. The minimum atomic E-state index is 0.591. The van der Waals surface area contributed by atoms with Crippen LogP contribution in [0.3, 0.4) is 0 Å². The Hall–Kier alpha value is -0.860. The van der Waals surface area contributed by atoms with Gasteiger partial charge in [0.25, 0.3) is 0 Å². The van der Waals surface area contributed by atoms with E-state index in [-0.39, 0.29) is 0 Å². The highest BCUT2D eigenvalue weighted by Crippen LogP contribution is 2.45. The molecule has 0 aromatic heterocycles. The van der Waals surface area contributed by atoms with Crippen LogP contribution >= 0.6 is 0 Å². The number of nitrogens with zero attached hydrogens (tertiary/aromatic N) is 1. The van der Waals surface area contributed by atoms with E-state index in [0.717, 1.165) is 17.9 Å². The number of nitrogens with one attached hydrogen (secondary N) is 1. The maximum Gasteiger partial charge on any atom is 0.0143 e. The van der Waals surface area contributed by atoms with Gasteiger partial charge in [0, 0.05) is 31.6 Å². The van der Waals surface area contributed by atoms with Gasteiger partial charge in [-0.2, -0.15) is 0 Å². The van der Waals surface area contributed by atoms with Crippen LogP contribution < -0.4 is 5.32 Å². The van der Waals surface area contributed by atoms with Crippen molar-refractivity contribution in [1.29, 1.82) is 0 Å². The molecule has 2 aliphatic carbocycles. The first-order valence-corrected chi connectivity index (χ1v) is 9.25. The summed E-state index contributed by atoms with van der Waals surface area (Å²) >= 11 is 0. The molecule has 3 aliphatic rings. The number of benzene rings is 1. The Morgan fingerprint density at radius 2 is 2.05 bits per heavy atom. The highest BCUT2D eigenvalue weighted by molar-refractivity contribution is 5.27. The smallest absolute Gasteiger partial charge is 0.0143 e. The van der Waals surface area contributed by atoms with Gasteiger partial charge in [-0.25, -0.2) is 0 Å². The molecule has 1 aromatic rings. The lowest BCUT2D eigenvalue weighted by atomic mass is 9.68. The third-order valence-corrected chi connectivity index (χ3v) is 6.24. The molecule has 0 amide bonds. The van der Waals surface area contributed by atoms with Gasteiger partial charge >= 0.3 is 0 Å². The van der Waals surface area contributed by atoms with E-state index in [0.29, 0.717) is 5.41 Å². The molecule has 4 rings (SSSR count). The maximum absolute atomic E-state index is 3.91. The van der Waals surface area contributed by atoms with Gasteiger partial charge in [-0.05, 0) is 49.1 Å². The van der Waals surface area contributed by atoms with Crippen molar-refractivity contribution >= 4 is 0 Å². The molecule has 2 heteroatoms. The Morgan fingerprint density at radius 3 is 2.68 bits per heavy atom. The fraction of sp³-hybridized carbons (Fsp3) is 0.700. The summed E-state index contributed by atoms with van der Waals surface area (Å²) in [6.07, 6.45) is 7.06. The number of hydrogen-bond donors (Lipinski definition) is 1. The molecule has 3 atom stereocenters. The highest BCUT2D eigenvalue weighted by atomic mass is 15.2. The van der Waals surface area contributed by atoms with Gasteiger partial charge in [0.1, 0.15) is 0 Å². The standard InChI is InChI=1S/C20H30N2/c1-16-8-11-22(13-16)15-20(9-5-10-20)14-21-19-12-18(19)17-6-3-2-4-7-17/h2-4,6-7,16,18-19,21H,5,8-15H2,1H3/t16?,18?,19-/m0/s1. The van der Waals surface area contributed by atoms with Crippen LogP contribution in [-0.2, 0) is 0 Å². The fourth-order valence-electron chi connectivity index (χ4n) is 4.55. The van der Waals surface area contributed by atoms with E-state index in [4.69, 9.17) is 0 Å². The molecule has 2 unspecified atom stereocenters. The van der Waals surface area contributed by atoms with Crippen molar-refractivity contribution in [2.45, 2.75) is 51.0 Å². The van der Waals surface area contributed by atoms with E-state index >= 15 is 0 Å². The number of rotatable bonds is 6. The Labute approximate surface area is 135 Å². The molecule has 0 radical (unpaired) electrons. The fourth-order valence-corrected chi connectivity index (χ4v) is 4.55. The summed E-state index contributed by atoms with van der Waals surface area (Å²) in [5.74, 6) is 1.68. The minimum absolute atomic E-state index is 0.591. The number of likely N-dealkylation sites (tertiary alicyclic amines) is 1. The van der Waals surface area contributed by atoms with E-state index in [1.165, 1.54) is 63.8 Å². The molecule has 3 fully saturated rings. The Morgan fingerprint density at radius 1 is 1.23 bits per heavy atom. The van der Waals surface area contributed by atoms with Crippen molar-refractivity contribution in [2.75, 3.05) is 26.2 Å². The molecule has 0 bridgehead atoms. The topological polar surface area (TPSA) is 15.3 Å². The van der Waals surface area contributed by atoms with Crippen LogP contribution in [0.1, 0.15) is 50.5 Å². The lowest BCUT2D eigenvalue weighted by molar-refractivity contribution is 0.0748. The van der Waals surface area contributed by atoms with Crippen molar-refractivity contribution in [1.82, 2.24) is 10.2 Å². The summed E-state index contributed by atoms with van der Waals surface area (Å²) in [6.45, 7) is 7.65. The Bertz CT molecular complexity index is 494. The van der Waals surface area contributed by atoms with Crippen LogP contribution in [0, 0.1) is 11.3 Å². The SMILES string of the molecule is CC1CCN(CC2(CN[C@H]3CC3c3ccccc3)CCC2)C1. The maximum atomic E-state index is 3.91. The van der Waals surface area contributed by atoms with E-state index < -0.39 is 0 Å². The van der Waals surface area contributed by atoms with Gasteiger partial charge in [-0.15, -0.1) is 0 Å². The second-order valence-corrected chi connectivity index (χ2v) is 8.22. The van der Waals surface area contributed by atoms with Crippen molar-refractivity contribution in [3.63, 3.8) is 0 Å². The first kappa shape index (κ1) is 14.7. The molecule has 2 nitrogen and oxygen atoms in total. The first-order valence-electron chi connectivity index (χ1n) is 9.25. The van der Waals surface area contributed by atoms with Crippen LogP contribution in [0.5, 0.6) is 0 Å². The van der Waals surface area contributed by atoms with Crippen molar-refractivity contribution in [3.8, 4) is 0 Å². The molecule has 1 N–H and O–H groups in total. The lowest BCUT2D eigenvalue weighted by Gasteiger charge is -2.45. The molecule has 120 valence electrons. The van der Waals surface area contributed by atoms with Gasteiger partial charge in [-0.1, -0.05) is 43.7 Å². The predicted molar refractivity (Wildman–Crippen MR) is 92.1 cm³/mol. The third-order valence-electron chi connectivity index (χ3n) is 6.24. The average Bonchev–Trinajstić information content (AvgIpc) is 3.17. The lowest BCUT2D eigenvalue weighted by Crippen LogP contribution is -2.48. The van der Waals surface area contributed by atoms with Crippen molar-refractivity contribution in [2.24, 2.45) is 11.3 Å². The van der Waals surface area contributed by atoms with Gasteiger partial charge in [0.2, 0.25) is 0 Å². The normalized spacial score (nSPS) is 33.6. The van der Waals surface area contributed by atoms with E-state index in [2.05, 4.69) is 47.5 Å². The average molecular weight is 298 g/mol. The zero-order valence-electron chi connectivity index (χ0n) is 13.9. The van der Waals surface area contributed by atoms with Crippen LogP contribution in [0.4, 0.5) is 0 Å². The second-order valence-electron chi connectivity index (χ2n) is 8.22. The molecular weight excluding hydrogens is 268 g/mol. The molecular formula is C20H30N2. The van der Waals surface area contributed by atoms with Crippen molar-refractivity contribution in [3.05, 3.63) is 35.9 Å². The van der Waals surface area contributed by atoms with E-state index in [1.807, 2.05) is 0 Å². The molecule has 22 heavy (non-hydrogen) atoms. The molecule has 1 saturated heterocycles. The first-order chi connectivity index (χ1) is 10.7. The summed E-state index contributed by atoms with van der Waals surface area (Å²) in [4.78, 5) is 2.73. The third kappa shape index (κ3) is 3.09. The van der Waals surface area contributed by atoms with Gasteiger partial charge in [0.15, 0.2) is 0 Å². The van der Waals surface area contributed by atoms with Crippen LogP contribution in [-0.4, -0.2) is 37.1 Å². The van der Waals surface area contributed by atoms with E-state index in [1.54, 1.807) is 0 Å². The molecule has 1 aromatic carbocycles. The highest BCUT2D eigenvalue weighted by Gasteiger charge is 2.43. The second kappa shape index (κ2) is 5.98. The van der Waals surface area contributed by atoms with Crippen LogP contribution in [0.15, 0.2) is 30.3 Å². The summed E-state index contributed by atoms with van der Waals surface area (Å²) in [5.41, 5.74) is 2.12. The monoisotopic (exact) mass is 298 g/mol. The predicted octanol–water partition coefficient (Wildman–Crippen LogP) is 3.64. The van der Waals surface area contributed by atoms with Gasteiger partial charge in [-0.3, -0.25) is 0 Å². The Kier molecular flexibility index (Phi) is 4.00. The summed E-state index contributed by atoms with van der Waals surface area (Å²) in [5, 5.41) is 3.91. The van der Waals surface area contributed by atoms with Gasteiger partial charge in [0.05, 0.1) is 0 Å².